The normalized spacial score (nSPS) is 10.9. The third kappa shape index (κ3) is 3.62. The summed E-state index contributed by atoms with van der Waals surface area (Å²) in [5.41, 5.74) is 6.91. The van der Waals surface area contributed by atoms with Crippen molar-refractivity contribution in [3.63, 3.8) is 0 Å². The lowest BCUT2D eigenvalue weighted by Crippen LogP contribution is -2.16. The van der Waals surface area contributed by atoms with E-state index in [4.69, 9.17) is 16.6 Å². The molecule has 1 aromatic heterocycles. The number of nitrogens with one attached hydrogen (secondary N) is 1. The van der Waals surface area contributed by atoms with Gasteiger partial charge in [-0.3, -0.25) is 4.79 Å². The molecule has 3 aromatic carbocycles. The van der Waals surface area contributed by atoms with Crippen LogP contribution in [-0.2, 0) is 0 Å². The minimum absolute atomic E-state index is 0.131. The molecule has 4 heteroatoms. The Morgan fingerprint density at radius 1 is 0.862 bits per heavy atom. The van der Waals surface area contributed by atoms with Crippen molar-refractivity contribution in [2.45, 2.75) is 20.8 Å². The van der Waals surface area contributed by atoms with Crippen LogP contribution in [0.2, 0.25) is 5.02 Å². The van der Waals surface area contributed by atoms with Gasteiger partial charge in [0.1, 0.15) is 0 Å². The molecule has 3 nitrogen and oxygen atoms in total. The molecule has 4 rings (SSSR count). The molecule has 144 valence electrons. The van der Waals surface area contributed by atoms with Gasteiger partial charge in [0.25, 0.3) is 5.91 Å². The molecule has 29 heavy (non-hydrogen) atoms. The van der Waals surface area contributed by atoms with Crippen LogP contribution in [0.4, 0.5) is 5.69 Å². The summed E-state index contributed by atoms with van der Waals surface area (Å²) >= 11 is 6.05. The van der Waals surface area contributed by atoms with Crippen molar-refractivity contribution >= 4 is 34.1 Å². The van der Waals surface area contributed by atoms with Crippen LogP contribution in [0.3, 0.4) is 0 Å². The number of para-hydroxylation sites is 2. The van der Waals surface area contributed by atoms with Gasteiger partial charge in [0, 0.05) is 21.7 Å². The Balaban J connectivity index is 1.89. The van der Waals surface area contributed by atoms with Gasteiger partial charge in [0.15, 0.2) is 0 Å². The zero-order valence-electron chi connectivity index (χ0n) is 16.6. The number of fused-ring (bicyclic) bond motifs is 1. The molecule has 0 aliphatic rings. The van der Waals surface area contributed by atoms with Gasteiger partial charge in [-0.1, -0.05) is 60.1 Å². The monoisotopic (exact) mass is 400 g/mol. The maximum absolute atomic E-state index is 13.4. The van der Waals surface area contributed by atoms with Crippen molar-refractivity contribution in [3.8, 4) is 11.3 Å². The van der Waals surface area contributed by atoms with Gasteiger partial charge < -0.3 is 5.32 Å². The second-order valence-electron chi connectivity index (χ2n) is 7.21. The third-order valence-corrected chi connectivity index (χ3v) is 5.45. The average Bonchev–Trinajstić information content (AvgIpc) is 2.71. The topological polar surface area (TPSA) is 42.0 Å². The lowest BCUT2D eigenvalue weighted by molar-refractivity contribution is 0.102. The average molecular weight is 401 g/mol. The van der Waals surface area contributed by atoms with Crippen LogP contribution in [0.25, 0.3) is 22.2 Å². The Morgan fingerprint density at radius 2 is 1.52 bits per heavy atom. The van der Waals surface area contributed by atoms with Crippen LogP contribution in [-0.4, -0.2) is 10.9 Å². The van der Waals surface area contributed by atoms with E-state index in [0.29, 0.717) is 10.6 Å². The number of aromatic nitrogens is 1. The fourth-order valence-corrected chi connectivity index (χ4v) is 3.80. The summed E-state index contributed by atoms with van der Waals surface area (Å²) < 4.78 is 0. The molecule has 0 aliphatic heterocycles. The van der Waals surface area contributed by atoms with Crippen molar-refractivity contribution < 1.29 is 4.79 Å². The molecule has 0 radical (unpaired) electrons. The van der Waals surface area contributed by atoms with Gasteiger partial charge in [0.05, 0.1) is 16.8 Å². The number of hydrogen-bond donors (Lipinski definition) is 1. The number of amides is 1. The number of carbonyl (C=O) groups excluding carboxylic acids is 1. The van der Waals surface area contributed by atoms with Gasteiger partial charge in [-0.25, -0.2) is 4.98 Å². The summed E-state index contributed by atoms with van der Waals surface area (Å²) in [6.45, 7) is 5.95. The Labute approximate surface area is 175 Å². The van der Waals surface area contributed by atoms with E-state index in [1.54, 1.807) is 0 Å². The lowest BCUT2D eigenvalue weighted by atomic mass is 9.97. The number of benzene rings is 3. The zero-order chi connectivity index (χ0) is 20.5. The van der Waals surface area contributed by atoms with Crippen LogP contribution in [0.15, 0.2) is 66.7 Å². The molecule has 0 aliphatic carbocycles. The molecule has 4 aromatic rings. The highest BCUT2D eigenvalue weighted by molar-refractivity contribution is 6.30. The van der Waals surface area contributed by atoms with E-state index in [9.17, 15) is 4.79 Å². The van der Waals surface area contributed by atoms with Crippen LogP contribution < -0.4 is 5.32 Å². The number of pyridine rings is 1. The van der Waals surface area contributed by atoms with Gasteiger partial charge in [-0.05, 0) is 55.7 Å². The molecule has 1 N–H and O–H groups in total. The summed E-state index contributed by atoms with van der Waals surface area (Å²) in [4.78, 5) is 18.3. The number of nitrogens with zero attached hydrogens (tertiary/aromatic N) is 1. The van der Waals surface area contributed by atoms with Crippen molar-refractivity contribution in [1.82, 2.24) is 4.98 Å². The number of halogens is 1. The first-order chi connectivity index (χ1) is 14.0. The van der Waals surface area contributed by atoms with E-state index in [0.717, 1.165) is 44.5 Å². The molecule has 0 saturated carbocycles. The van der Waals surface area contributed by atoms with E-state index in [-0.39, 0.29) is 5.91 Å². The largest absolute Gasteiger partial charge is 0.321 e. The first-order valence-electron chi connectivity index (χ1n) is 9.48. The second-order valence-corrected chi connectivity index (χ2v) is 7.64. The quantitative estimate of drug-likeness (QED) is 0.414. The highest BCUT2D eigenvalue weighted by atomic mass is 35.5. The molecule has 1 heterocycles. The van der Waals surface area contributed by atoms with Gasteiger partial charge in [-0.15, -0.1) is 0 Å². The Morgan fingerprint density at radius 3 is 2.21 bits per heavy atom. The lowest BCUT2D eigenvalue weighted by Gasteiger charge is -2.16. The molecule has 0 spiro atoms. The zero-order valence-corrected chi connectivity index (χ0v) is 17.3. The standard InChI is InChI=1S/C25H21ClN2O/c1-15-7-6-8-16(2)23(15)28-25(29)22-17(3)24(18-11-13-19(26)14-12-18)27-21-10-5-4-9-20(21)22/h4-14H,1-3H3,(H,28,29). The molecule has 0 atom stereocenters. The van der Waals surface area contributed by atoms with E-state index in [2.05, 4.69) is 5.32 Å². The van der Waals surface area contributed by atoms with Crippen molar-refractivity contribution in [1.29, 1.82) is 0 Å². The van der Waals surface area contributed by atoms with Crippen molar-refractivity contribution in [3.05, 3.63) is 94.0 Å². The molecule has 0 unspecified atom stereocenters. The molecular formula is C25H21ClN2O. The number of hydrogen-bond acceptors (Lipinski definition) is 2. The van der Waals surface area contributed by atoms with E-state index in [1.807, 2.05) is 87.5 Å². The maximum atomic E-state index is 13.4. The third-order valence-electron chi connectivity index (χ3n) is 5.20. The Hall–Kier alpha value is -3.17. The molecular weight excluding hydrogens is 380 g/mol. The number of anilines is 1. The summed E-state index contributed by atoms with van der Waals surface area (Å²) in [7, 11) is 0. The van der Waals surface area contributed by atoms with E-state index in [1.165, 1.54) is 0 Å². The highest BCUT2D eigenvalue weighted by Crippen LogP contribution is 2.31. The van der Waals surface area contributed by atoms with Gasteiger partial charge in [0.2, 0.25) is 0 Å². The summed E-state index contributed by atoms with van der Waals surface area (Å²) in [6.07, 6.45) is 0. The highest BCUT2D eigenvalue weighted by Gasteiger charge is 2.20. The summed E-state index contributed by atoms with van der Waals surface area (Å²) in [5.74, 6) is -0.131. The van der Waals surface area contributed by atoms with Gasteiger partial charge in [-0.2, -0.15) is 0 Å². The minimum atomic E-state index is -0.131. The SMILES string of the molecule is Cc1cccc(C)c1NC(=O)c1c(C)c(-c2ccc(Cl)cc2)nc2ccccc12. The fraction of sp³-hybridized carbons (Fsp3) is 0.120. The van der Waals surface area contributed by atoms with Crippen molar-refractivity contribution in [2.75, 3.05) is 5.32 Å². The second kappa shape index (κ2) is 7.69. The van der Waals surface area contributed by atoms with Crippen LogP contribution >= 0.6 is 11.6 Å². The van der Waals surface area contributed by atoms with Gasteiger partial charge >= 0.3 is 0 Å². The number of carbonyl (C=O) groups is 1. The minimum Gasteiger partial charge on any atom is -0.321 e. The number of aryl methyl sites for hydroxylation is 2. The fourth-order valence-electron chi connectivity index (χ4n) is 3.68. The predicted molar refractivity (Wildman–Crippen MR) is 121 cm³/mol. The van der Waals surface area contributed by atoms with Crippen LogP contribution in [0, 0.1) is 20.8 Å². The Bertz CT molecular complexity index is 1210. The molecule has 1 amide bonds. The molecule has 0 bridgehead atoms. The van der Waals surface area contributed by atoms with Crippen LogP contribution in [0.5, 0.6) is 0 Å². The first-order valence-corrected chi connectivity index (χ1v) is 9.86. The van der Waals surface area contributed by atoms with Crippen LogP contribution in [0.1, 0.15) is 27.0 Å². The van der Waals surface area contributed by atoms with Crippen molar-refractivity contribution in [2.24, 2.45) is 0 Å². The smallest absolute Gasteiger partial charge is 0.256 e. The van der Waals surface area contributed by atoms with E-state index >= 15 is 0 Å². The maximum Gasteiger partial charge on any atom is 0.256 e. The summed E-state index contributed by atoms with van der Waals surface area (Å²) in [5, 5.41) is 4.63. The number of rotatable bonds is 3. The Kier molecular flexibility index (Phi) is 5.08. The first kappa shape index (κ1) is 19.2. The molecule has 0 fully saturated rings. The molecule has 0 saturated heterocycles. The predicted octanol–water partition coefficient (Wildman–Crippen LogP) is 6.73. The van der Waals surface area contributed by atoms with E-state index < -0.39 is 0 Å². The summed E-state index contributed by atoms with van der Waals surface area (Å²) in [6, 6.07) is 21.3.